The molecule has 2 N–H and O–H groups in total. The number of hydrogen-bond donors (Lipinski definition) is 1. The van der Waals surface area contributed by atoms with Crippen molar-refractivity contribution in [3.63, 3.8) is 0 Å². The van der Waals surface area contributed by atoms with E-state index in [-0.39, 0.29) is 6.04 Å². The monoisotopic (exact) mass is 185 g/mol. The molecule has 0 aromatic carbocycles. The molecule has 2 unspecified atom stereocenters. The lowest BCUT2D eigenvalue weighted by Crippen LogP contribution is -2.23. The third kappa shape index (κ3) is 6.57. The first-order valence-corrected chi connectivity index (χ1v) is 5.56. The van der Waals surface area contributed by atoms with Crippen molar-refractivity contribution in [1.82, 2.24) is 0 Å². The van der Waals surface area contributed by atoms with Gasteiger partial charge < -0.3 is 5.73 Å². The molecule has 0 aliphatic heterocycles. The van der Waals surface area contributed by atoms with Gasteiger partial charge in [-0.2, -0.15) is 11.8 Å². The van der Waals surface area contributed by atoms with Crippen LogP contribution in [0.5, 0.6) is 0 Å². The Hall–Kier alpha value is -0.130. The number of terminal acetylenes is 1. The second kappa shape index (κ2) is 7.52. The van der Waals surface area contributed by atoms with Gasteiger partial charge in [-0.05, 0) is 12.8 Å². The third-order valence-corrected chi connectivity index (χ3v) is 3.35. The van der Waals surface area contributed by atoms with Crippen LogP contribution in [0.3, 0.4) is 0 Å². The van der Waals surface area contributed by atoms with Crippen LogP contribution < -0.4 is 5.73 Å². The summed E-state index contributed by atoms with van der Waals surface area (Å²) in [6.45, 7) is 4.43. The van der Waals surface area contributed by atoms with Gasteiger partial charge in [-0.3, -0.25) is 0 Å². The average Bonchev–Trinajstić information content (AvgIpc) is 2.10. The Morgan fingerprint density at radius 1 is 1.58 bits per heavy atom. The Balaban J connectivity index is 3.31. The molecule has 0 bridgehead atoms. The van der Waals surface area contributed by atoms with Gasteiger partial charge in [0.15, 0.2) is 0 Å². The van der Waals surface area contributed by atoms with E-state index in [1.54, 1.807) is 0 Å². The van der Waals surface area contributed by atoms with Crippen molar-refractivity contribution in [2.24, 2.45) is 5.73 Å². The van der Waals surface area contributed by atoms with Gasteiger partial charge in [0.05, 0.1) is 0 Å². The summed E-state index contributed by atoms with van der Waals surface area (Å²) in [7, 11) is 0. The molecular weight excluding hydrogens is 166 g/mol. The topological polar surface area (TPSA) is 26.0 Å². The molecule has 0 spiro atoms. The highest BCUT2D eigenvalue weighted by Gasteiger charge is 2.04. The van der Waals surface area contributed by atoms with Gasteiger partial charge in [-0.1, -0.05) is 13.8 Å². The lowest BCUT2D eigenvalue weighted by Gasteiger charge is -2.12. The van der Waals surface area contributed by atoms with E-state index in [4.69, 9.17) is 12.2 Å². The van der Waals surface area contributed by atoms with Crippen LogP contribution in [0.25, 0.3) is 0 Å². The van der Waals surface area contributed by atoms with E-state index in [1.165, 1.54) is 6.42 Å². The largest absolute Gasteiger partial charge is 0.327 e. The van der Waals surface area contributed by atoms with Crippen molar-refractivity contribution in [2.75, 3.05) is 5.75 Å². The highest BCUT2D eigenvalue weighted by atomic mass is 32.2. The van der Waals surface area contributed by atoms with Crippen LogP contribution in [-0.4, -0.2) is 17.0 Å². The summed E-state index contributed by atoms with van der Waals surface area (Å²) in [4.78, 5) is 0. The molecule has 0 aliphatic carbocycles. The maximum Gasteiger partial charge on any atom is 0.0139 e. The van der Waals surface area contributed by atoms with Gasteiger partial charge in [-0.15, -0.1) is 12.3 Å². The van der Waals surface area contributed by atoms with Crippen molar-refractivity contribution >= 4 is 11.8 Å². The molecule has 2 heteroatoms. The van der Waals surface area contributed by atoms with Gasteiger partial charge in [0.25, 0.3) is 0 Å². The van der Waals surface area contributed by atoms with E-state index in [0.717, 1.165) is 23.8 Å². The van der Waals surface area contributed by atoms with Crippen LogP contribution in [0.15, 0.2) is 0 Å². The van der Waals surface area contributed by atoms with Crippen LogP contribution in [0.2, 0.25) is 0 Å². The molecule has 12 heavy (non-hydrogen) atoms. The summed E-state index contributed by atoms with van der Waals surface area (Å²) >= 11 is 1.94. The molecule has 2 atom stereocenters. The van der Waals surface area contributed by atoms with Gasteiger partial charge in [0.1, 0.15) is 0 Å². The minimum absolute atomic E-state index is 0.278. The van der Waals surface area contributed by atoms with E-state index in [1.807, 2.05) is 11.8 Å². The maximum absolute atomic E-state index is 5.85. The van der Waals surface area contributed by atoms with E-state index in [0.29, 0.717) is 0 Å². The lowest BCUT2D eigenvalue weighted by atomic mass is 10.2. The molecular formula is C10H19NS. The van der Waals surface area contributed by atoms with E-state index in [2.05, 4.69) is 19.8 Å². The summed E-state index contributed by atoms with van der Waals surface area (Å²) in [5, 5.41) is 0.724. The Kier molecular flexibility index (Phi) is 7.43. The molecule has 0 heterocycles. The number of thioether (sulfide) groups is 1. The zero-order chi connectivity index (χ0) is 9.40. The van der Waals surface area contributed by atoms with Gasteiger partial charge in [0.2, 0.25) is 0 Å². The lowest BCUT2D eigenvalue weighted by molar-refractivity contribution is 0.690. The molecule has 0 saturated heterocycles. The summed E-state index contributed by atoms with van der Waals surface area (Å²) in [5.74, 6) is 3.65. The van der Waals surface area contributed by atoms with Gasteiger partial charge >= 0.3 is 0 Å². The van der Waals surface area contributed by atoms with Crippen molar-refractivity contribution in [3.05, 3.63) is 0 Å². The molecule has 0 saturated carbocycles. The number of nitrogens with two attached hydrogens (primary N) is 1. The standard InChI is InChI=1S/C10H19NS/c1-4-6-7-10(11)8-12-9(3)5-2/h1,9-10H,5-8,11H2,2-3H3. The molecule has 0 rings (SSSR count). The van der Waals surface area contributed by atoms with Crippen LogP contribution in [-0.2, 0) is 0 Å². The van der Waals surface area contributed by atoms with Gasteiger partial charge in [0, 0.05) is 23.5 Å². The van der Waals surface area contributed by atoms with Crippen LogP contribution in [0.1, 0.15) is 33.1 Å². The fourth-order valence-corrected chi connectivity index (χ4v) is 1.74. The van der Waals surface area contributed by atoms with Crippen molar-refractivity contribution in [3.8, 4) is 12.3 Å². The predicted molar refractivity (Wildman–Crippen MR) is 58.3 cm³/mol. The highest BCUT2D eigenvalue weighted by Crippen LogP contribution is 2.15. The SMILES string of the molecule is C#CCCC(N)CSC(C)CC. The van der Waals surface area contributed by atoms with Gasteiger partial charge in [-0.25, -0.2) is 0 Å². The molecule has 70 valence electrons. The molecule has 0 fully saturated rings. The van der Waals surface area contributed by atoms with Crippen LogP contribution >= 0.6 is 11.8 Å². The summed E-state index contributed by atoms with van der Waals surface area (Å²) < 4.78 is 0. The maximum atomic E-state index is 5.85. The molecule has 0 amide bonds. The predicted octanol–water partition coefficient (Wildman–Crippen LogP) is 2.26. The van der Waals surface area contributed by atoms with E-state index < -0.39 is 0 Å². The minimum Gasteiger partial charge on any atom is -0.327 e. The second-order valence-electron chi connectivity index (χ2n) is 3.06. The summed E-state index contributed by atoms with van der Waals surface area (Å²) in [5.41, 5.74) is 5.85. The van der Waals surface area contributed by atoms with Crippen molar-refractivity contribution < 1.29 is 0 Å². The number of rotatable bonds is 6. The van der Waals surface area contributed by atoms with E-state index >= 15 is 0 Å². The Labute approximate surface area is 80.5 Å². The van der Waals surface area contributed by atoms with Crippen molar-refractivity contribution in [2.45, 2.75) is 44.4 Å². The van der Waals surface area contributed by atoms with Crippen molar-refractivity contribution in [1.29, 1.82) is 0 Å². The first-order chi connectivity index (χ1) is 5.70. The zero-order valence-electron chi connectivity index (χ0n) is 8.05. The fourth-order valence-electron chi connectivity index (χ4n) is 0.758. The van der Waals surface area contributed by atoms with Crippen LogP contribution in [0, 0.1) is 12.3 Å². The first-order valence-electron chi connectivity index (χ1n) is 4.51. The van der Waals surface area contributed by atoms with Crippen LogP contribution in [0.4, 0.5) is 0 Å². The number of hydrogen-bond acceptors (Lipinski definition) is 2. The minimum atomic E-state index is 0.278. The summed E-state index contributed by atoms with van der Waals surface area (Å²) in [6, 6.07) is 0.278. The molecule has 0 aliphatic rings. The Morgan fingerprint density at radius 2 is 2.25 bits per heavy atom. The smallest absolute Gasteiger partial charge is 0.0139 e. The Bertz CT molecular complexity index is 139. The summed E-state index contributed by atoms with van der Waals surface area (Å²) in [6.07, 6.45) is 8.13. The Morgan fingerprint density at radius 3 is 2.75 bits per heavy atom. The quantitative estimate of drug-likeness (QED) is 0.642. The third-order valence-electron chi connectivity index (χ3n) is 1.83. The normalized spacial score (nSPS) is 15.2. The van der Waals surface area contributed by atoms with E-state index in [9.17, 15) is 0 Å². The second-order valence-corrected chi connectivity index (χ2v) is 4.53. The molecule has 0 aromatic heterocycles. The molecule has 0 radical (unpaired) electrons. The average molecular weight is 185 g/mol. The fraction of sp³-hybridized carbons (Fsp3) is 0.800. The first kappa shape index (κ1) is 11.9. The highest BCUT2D eigenvalue weighted by molar-refractivity contribution is 7.99. The molecule has 1 nitrogen and oxygen atoms in total. The molecule has 0 aromatic rings. The zero-order valence-corrected chi connectivity index (χ0v) is 8.86.